The van der Waals surface area contributed by atoms with Gasteiger partial charge in [-0.1, -0.05) is 25.1 Å². The number of amides is 1. The summed E-state index contributed by atoms with van der Waals surface area (Å²) in [7, 11) is -3.80. The Morgan fingerprint density at radius 2 is 1.94 bits per heavy atom. The molecule has 31 heavy (non-hydrogen) atoms. The number of hydrogen-bond donors (Lipinski definition) is 2. The lowest BCUT2D eigenvalue weighted by Crippen LogP contribution is -2.26. The van der Waals surface area contributed by atoms with Gasteiger partial charge in [-0.05, 0) is 48.0 Å². The van der Waals surface area contributed by atoms with Gasteiger partial charge in [0.1, 0.15) is 18.2 Å². The van der Waals surface area contributed by atoms with E-state index in [-0.39, 0.29) is 23.5 Å². The van der Waals surface area contributed by atoms with Crippen LogP contribution in [0.2, 0.25) is 0 Å². The van der Waals surface area contributed by atoms with Crippen LogP contribution >= 0.6 is 0 Å². The zero-order valence-electron chi connectivity index (χ0n) is 16.8. The van der Waals surface area contributed by atoms with Crippen LogP contribution in [-0.2, 0) is 23.2 Å². The summed E-state index contributed by atoms with van der Waals surface area (Å²) in [4.78, 5) is 16.5. The fourth-order valence-corrected chi connectivity index (χ4v) is 3.85. The van der Waals surface area contributed by atoms with E-state index < -0.39 is 21.7 Å². The summed E-state index contributed by atoms with van der Waals surface area (Å²) >= 11 is 0. The van der Waals surface area contributed by atoms with Crippen molar-refractivity contribution in [2.45, 2.75) is 25.0 Å². The molecule has 0 aliphatic heterocycles. The molecule has 0 unspecified atom stereocenters. The highest BCUT2D eigenvalue weighted by atomic mass is 32.2. The number of sulfonamides is 1. The lowest BCUT2D eigenvalue weighted by atomic mass is 10.1. The van der Waals surface area contributed by atoms with Crippen LogP contribution in [0.4, 0.5) is 4.39 Å². The molecule has 0 spiro atoms. The third-order valence-electron chi connectivity index (χ3n) is 4.29. The monoisotopic (exact) mass is 443 g/mol. The molecule has 9 heteroatoms. The smallest absolute Gasteiger partial charge is 0.254 e. The molecule has 0 bridgehead atoms. The second-order valence-electron chi connectivity index (χ2n) is 6.58. The third kappa shape index (κ3) is 6.09. The molecule has 0 fully saturated rings. The van der Waals surface area contributed by atoms with Gasteiger partial charge in [0.2, 0.25) is 10.0 Å². The highest BCUT2D eigenvalue weighted by molar-refractivity contribution is 7.89. The average Bonchev–Trinajstić information content (AvgIpc) is 2.77. The highest BCUT2D eigenvalue weighted by Gasteiger charge is 2.18. The van der Waals surface area contributed by atoms with Gasteiger partial charge in [0.25, 0.3) is 5.91 Å². The second kappa shape index (κ2) is 10.1. The second-order valence-corrected chi connectivity index (χ2v) is 8.35. The fraction of sp³-hybridized carbons (Fsp3) is 0.182. The summed E-state index contributed by atoms with van der Waals surface area (Å²) in [6, 6.07) is 15.7. The standard InChI is InChI=1S/C22H22FN3O4S/c1-2-26-31(28,29)19-9-10-21(23)20(13-19)22(27)25-14-16-6-5-8-18(12-16)30-15-17-7-3-4-11-24-17/h3-13,26H,2,14-15H2,1H3,(H,25,27). The minimum Gasteiger partial charge on any atom is -0.487 e. The van der Waals surface area contributed by atoms with Gasteiger partial charge in [-0.15, -0.1) is 0 Å². The van der Waals surface area contributed by atoms with E-state index in [1.165, 1.54) is 0 Å². The molecule has 0 saturated heterocycles. The van der Waals surface area contributed by atoms with E-state index in [9.17, 15) is 17.6 Å². The van der Waals surface area contributed by atoms with Gasteiger partial charge >= 0.3 is 0 Å². The molecular formula is C22H22FN3O4S. The van der Waals surface area contributed by atoms with Gasteiger partial charge in [0.05, 0.1) is 16.2 Å². The van der Waals surface area contributed by atoms with Gasteiger partial charge in [0, 0.05) is 19.3 Å². The predicted molar refractivity (Wildman–Crippen MR) is 113 cm³/mol. The third-order valence-corrected chi connectivity index (χ3v) is 5.83. The molecule has 1 heterocycles. The number of nitrogens with one attached hydrogen (secondary N) is 2. The van der Waals surface area contributed by atoms with Crippen LogP contribution in [0, 0.1) is 5.82 Å². The van der Waals surface area contributed by atoms with Gasteiger partial charge < -0.3 is 10.1 Å². The zero-order chi connectivity index (χ0) is 22.3. The lowest BCUT2D eigenvalue weighted by Gasteiger charge is -2.10. The SMILES string of the molecule is CCNS(=O)(=O)c1ccc(F)c(C(=O)NCc2cccc(OCc3ccccn3)c2)c1. The Balaban J connectivity index is 1.65. The Hall–Kier alpha value is -3.30. The number of halogens is 1. The van der Waals surface area contributed by atoms with E-state index in [0.29, 0.717) is 12.4 Å². The maximum absolute atomic E-state index is 14.1. The number of pyridine rings is 1. The molecule has 3 rings (SSSR count). The average molecular weight is 444 g/mol. The molecule has 1 amide bonds. The Morgan fingerprint density at radius 1 is 1.10 bits per heavy atom. The molecular weight excluding hydrogens is 421 g/mol. The Morgan fingerprint density at radius 3 is 2.68 bits per heavy atom. The van der Waals surface area contributed by atoms with Crippen molar-refractivity contribution in [2.24, 2.45) is 0 Å². The minimum absolute atomic E-state index is 0.114. The topological polar surface area (TPSA) is 97.4 Å². The van der Waals surface area contributed by atoms with Crippen molar-refractivity contribution < 1.29 is 22.3 Å². The largest absolute Gasteiger partial charge is 0.487 e. The Bertz CT molecular complexity index is 1150. The lowest BCUT2D eigenvalue weighted by molar-refractivity contribution is 0.0946. The first-order valence-electron chi connectivity index (χ1n) is 9.58. The highest BCUT2D eigenvalue weighted by Crippen LogP contribution is 2.17. The molecule has 0 aliphatic carbocycles. The summed E-state index contributed by atoms with van der Waals surface area (Å²) in [5, 5.41) is 2.61. The number of hydrogen-bond acceptors (Lipinski definition) is 5. The summed E-state index contributed by atoms with van der Waals surface area (Å²) in [5.74, 6) is -0.923. The van der Waals surface area contributed by atoms with Gasteiger partial charge in [0.15, 0.2) is 0 Å². The summed E-state index contributed by atoms with van der Waals surface area (Å²) in [5.41, 5.74) is 1.18. The normalized spacial score (nSPS) is 11.2. The van der Waals surface area contributed by atoms with E-state index in [4.69, 9.17) is 4.74 Å². The maximum atomic E-state index is 14.1. The van der Waals surface area contributed by atoms with E-state index in [1.807, 2.05) is 18.2 Å². The molecule has 2 N–H and O–H groups in total. The van der Waals surface area contributed by atoms with Gasteiger partial charge in [-0.2, -0.15) is 0 Å². The molecule has 1 aromatic heterocycles. The van der Waals surface area contributed by atoms with Crippen molar-refractivity contribution >= 4 is 15.9 Å². The summed E-state index contributed by atoms with van der Waals surface area (Å²) in [6.45, 7) is 2.22. The number of ether oxygens (including phenoxy) is 1. The molecule has 0 radical (unpaired) electrons. The first kappa shape index (κ1) is 22.4. The quantitative estimate of drug-likeness (QED) is 0.530. The predicted octanol–water partition coefficient (Wildman–Crippen LogP) is 3.03. The van der Waals surface area contributed by atoms with Crippen LogP contribution in [0.25, 0.3) is 0 Å². The van der Waals surface area contributed by atoms with Crippen molar-refractivity contribution in [3.8, 4) is 5.75 Å². The number of rotatable bonds is 9. The molecule has 0 aliphatic rings. The van der Waals surface area contributed by atoms with Crippen molar-refractivity contribution in [2.75, 3.05) is 6.54 Å². The van der Waals surface area contributed by atoms with Crippen molar-refractivity contribution in [1.29, 1.82) is 0 Å². The molecule has 0 saturated carbocycles. The fourth-order valence-electron chi connectivity index (χ4n) is 2.78. The zero-order valence-corrected chi connectivity index (χ0v) is 17.7. The number of carbonyl (C=O) groups is 1. The van der Waals surface area contributed by atoms with Crippen LogP contribution in [0.15, 0.2) is 71.8 Å². The maximum Gasteiger partial charge on any atom is 0.254 e. The van der Waals surface area contributed by atoms with Crippen LogP contribution in [0.3, 0.4) is 0 Å². The van der Waals surface area contributed by atoms with Crippen molar-refractivity contribution in [3.63, 3.8) is 0 Å². The van der Waals surface area contributed by atoms with E-state index in [1.54, 1.807) is 37.4 Å². The first-order chi connectivity index (χ1) is 14.9. The first-order valence-corrected chi connectivity index (χ1v) is 11.1. The van der Waals surface area contributed by atoms with Crippen LogP contribution < -0.4 is 14.8 Å². The molecule has 0 atom stereocenters. The van der Waals surface area contributed by atoms with Crippen molar-refractivity contribution in [3.05, 3.63) is 89.5 Å². The summed E-state index contributed by atoms with van der Waals surface area (Å²) in [6.07, 6.45) is 1.68. The van der Waals surface area contributed by atoms with Crippen molar-refractivity contribution in [1.82, 2.24) is 15.0 Å². The number of nitrogens with zero attached hydrogens (tertiary/aromatic N) is 1. The van der Waals surface area contributed by atoms with Gasteiger partial charge in [-0.25, -0.2) is 17.5 Å². The van der Waals surface area contributed by atoms with Gasteiger partial charge in [-0.3, -0.25) is 9.78 Å². The number of aromatic nitrogens is 1. The number of carbonyl (C=O) groups excluding carboxylic acids is 1. The Labute approximate surface area is 180 Å². The minimum atomic E-state index is -3.80. The Kier molecular flexibility index (Phi) is 7.32. The number of benzene rings is 2. The summed E-state index contributed by atoms with van der Waals surface area (Å²) < 4.78 is 46.4. The molecule has 162 valence electrons. The van der Waals surface area contributed by atoms with E-state index in [0.717, 1.165) is 29.5 Å². The van der Waals surface area contributed by atoms with E-state index >= 15 is 0 Å². The van der Waals surface area contributed by atoms with E-state index in [2.05, 4.69) is 15.0 Å². The molecule has 3 aromatic rings. The molecule has 2 aromatic carbocycles. The van der Waals surface area contributed by atoms with Crippen LogP contribution in [0.5, 0.6) is 5.75 Å². The van der Waals surface area contributed by atoms with Crippen LogP contribution in [0.1, 0.15) is 28.5 Å². The van der Waals surface area contributed by atoms with Crippen LogP contribution in [-0.4, -0.2) is 25.9 Å². The molecule has 7 nitrogen and oxygen atoms in total.